The minimum Gasteiger partial charge on any atom is -0.397 e. The van der Waals surface area contributed by atoms with E-state index < -0.39 is 9.84 Å². The van der Waals surface area contributed by atoms with Crippen molar-refractivity contribution in [1.29, 1.82) is 5.26 Å². The normalized spacial score (nSPS) is 10.8. The van der Waals surface area contributed by atoms with Crippen molar-refractivity contribution in [2.24, 2.45) is 0 Å². The summed E-state index contributed by atoms with van der Waals surface area (Å²) < 4.78 is 22.5. The van der Waals surface area contributed by atoms with E-state index in [1.165, 1.54) is 12.3 Å². The standard InChI is InChI=1S/C10H14N4O2S/c1-2-17(15,16)4-3-13-10-8(6-11)5-9(12)7-14-10/h5,7H,2-4,12H2,1H3,(H,13,14). The van der Waals surface area contributed by atoms with Crippen molar-refractivity contribution in [2.45, 2.75) is 6.92 Å². The van der Waals surface area contributed by atoms with Gasteiger partial charge in [-0.15, -0.1) is 0 Å². The maximum atomic E-state index is 11.3. The van der Waals surface area contributed by atoms with Gasteiger partial charge in [-0.1, -0.05) is 6.92 Å². The lowest BCUT2D eigenvalue weighted by Crippen LogP contribution is -2.18. The van der Waals surface area contributed by atoms with Gasteiger partial charge in [0, 0.05) is 12.3 Å². The van der Waals surface area contributed by atoms with Crippen LogP contribution in [-0.4, -0.2) is 31.5 Å². The number of rotatable bonds is 5. The molecule has 0 fully saturated rings. The summed E-state index contributed by atoms with van der Waals surface area (Å²) in [5, 5.41) is 11.7. The first-order valence-corrected chi connectivity index (χ1v) is 6.90. The van der Waals surface area contributed by atoms with Gasteiger partial charge in [-0.2, -0.15) is 5.26 Å². The lowest BCUT2D eigenvalue weighted by atomic mass is 10.2. The largest absolute Gasteiger partial charge is 0.397 e. The average Bonchev–Trinajstić information content (AvgIpc) is 2.30. The van der Waals surface area contributed by atoms with Crippen molar-refractivity contribution in [3.63, 3.8) is 0 Å². The van der Waals surface area contributed by atoms with E-state index in [-0.39, 0.29) is 18.1 Å². The first kappa shape index (κ1) is 13.3. The lowest BCUT2D eigenvalue weighted by molar-refractivity contribution is 0.597. The minimum atomic E-state index is -3.02. The van der Waals surface area contributed by atoms with Crippen LogP contribution in [0.2, 0.25) is 0 Å². The van der Waals surface area contributed by atoms with Crippen LogP contribution >= 0.6 is 0 Å². The summed E-state index contributed by atoms with van der Waals surface area (Å²) in [5.41, 5.74) is 6.19. The fraction of sp³-hybridized carbons (Fsp3) is 0.400. The molecule has 0 radical (unpaired) electrons. The van der Waals surface area contributed by atoms with E-state index in [0.717, 1.165) is 0 Å². The molecule has 0 aliphatic carbocycles. The van der Waals surface area contributed by atoms with Gasteiger partial charge in [0.2, 0.25) is 0 Å². The Balaban J connectivity index is 2.68. The Morgan fingerprint density at radius 1 is 1.59 bits per heavy atom. The molecule has 1 aromatic rings. The Bertz CT molecular complexity index is 534. The molecular weight excluding hydrogens is 240 g/mol. The van der Waals surface area contributed by atoms with Crippen molar-refractivity contribution in [1.82, 2.24) is 4.98 Å². The van der Waals surface area contributed by atoms with Crippen molar-refractivity contribution in [3.05, 3.63) is 17.8 Å². The molecule has 0 atom stereocenters. The molecule has 17 heavy (non-hydrogen) atoms. The summed E-state index contributed by atoms with van der Waals surface area (Å²) >= 11 is 0. The molecule has 0 saturated heterocycles. The summed E-state index contributed by atoms with van der Waals surface area (Å²) in [6.45, 7) is 1.82. The maximum absolute atomic E-state index is 11.3. The predicted molar refractivity (Wildman–Crippen MR) is 66.2 cm³/mol. The molecular formula is C10H14N4O2S. The van der Waals surface area contributed by atoms with Crippen LogP contribution < -0.4 is 11.1 Å². The van der Waals surface area contributed by atoms with Crippen molar-refractivity contribution in [3.8, 4) is 6.07 Å². The predicted octanol–water partition coefficient (Wildman–Crippen LogP) is 0.382. The zero-order chi connectivity index (χ0) is 12.9. The van der Waals surface area contributed by atoms with E-state index in [2.05, 4.69) is 10.3 Å². The van der Waals surface area contributed by atoms with Gasteiger partial charge in [0.05, 0.1) is 23.2 Å². The third-order valence-corrected chi connectivity index (χ3v) is 3.88. The lowest BCUT2D eigenvalue weighted by Gasteiger charge is -2.07. The van der Waals surface area contributed by atoms with Crippen molar-refractivity contribution < 1.29 is 8.42 Å². The van der Waals surface area contributed by atoms with Gasteiger partial charge in [-0.25, -0.2) is 13.4 Å². The number of nitriles is 1. The second kappa shape index (κ2) is 5.50. The molecule has 1 aromatic heterocycles. The van der Waals surface area contributed by atoms with Crippen LogP contribution in [0.1, 0.15) is 12.5 Å². The minimum absolute atomic E-state index is 0.0143. The van der Waals surface area contributed by atoms with Crippen LogP contribution in [0.15, 0.2) is 12.3 Å². The molecule has 0 bridgehead atoms. The molecule has 1 rings (SSSR count). The van der Waals surface area contributed by atoms with E-state index in [1.807, 2.05) is 6.07 Å². The van der Waals surface area contributed by atoms with E-state index in [4.69, 9.17) is 11.0 Å². The number of anilines is 2. The monoisotopic (exact) mass is 254 g/mol. The van der Waals surface area contributed by atoms with Crippen LogP contribution in [0, 0.1) is 11.3 Å². The van der Waals surface area contributed by atoms with Gasteiger partial charge in [-0.05, 0) is 6.07 Å². The Kier molecular flexibility index (Phi) is 4.29. The molecule has 0 spiro atoms. The Labute approximate surface area is 100 Å². The van der Waals surface area contributed by atoms with Gasteiger partial charge in [0.15, 0.2) is 9.84 Å². The number of aromatic nitrogens is 1. The molecule has 0 saturated carbocycles. The van der Waals surface area contributed by atoms with Crippen LogP contribution in [0.3, 0.4) is 0 Å². The Hall–Kier alpha value is -1.81. The van der Waals surface area contributed by atoms with Crippen LogP contribution in [0.5, 0.6) is 0 Å². The molecule has 6 nitrogen and oxygen atoms in total. The number of nitrogens with zero attached hydrogens (tertiary/aromatic N) is 2. The van der Waals surface area contributed by atoms with Gasteiger partial charge < -0.3 is 11.1 Å². The van der Waals surface area contributed by atoms with E-state index >= 15 is 0 Å². The second-order valence-electron chi connectivity index (χ2n) is 3.44. The first-order valence-electron chi connectivity index (χ1n) is 5.08. The molecule has 0 aliphatic rings. The Morgan fingerprint density at radius 2 is 2.29 bits per heavy atom. The van der Waals surface area contributed by atoms with E-state index in [9.17, 15) is 8.42 Å². The summed E-state index contributed by atoms with van der Waals surface area (Å²) in [5.74, 6) is 0.475. The topological polar surface area (TPSA) is 109 Å². The molecule has 3 N–H and O–H groups in total. The number of nitrogens with two attached hydrogens (primary N) is 1. The highest BCUT2D eigenvalue weighted by atomic mass is 32.2. The number of nitrogens with one attached hydrogen (secondary N) is 1. The van der Waals surface area contributed by atoms with Crippen LogP contribution in [0.4, 0.5) is 11.5 Å². The molecule has 7 heteroatoms. The quantitative estimate of drug-likeness (QED) is 0.786. The van der Waals surface area contributed by atoms with Gasteiger partial charge in [0.1, 0.15) is 11.9 Å². The van der Waals surface area contributed by atoms with Crippen molar-refractivity contribution >= 4 is 21.3 Å². The molecule has 0 aromatic carbocycles. The van der Waals surface area contributed by atoms with Gasteiger partial charge >= 0.3 is 0 Å². The van der Waals surface area contributed by atoms with Gasteiger partial charge in [-0.3, -0.25) is 0 Å². The number of hydrogen-bond acceptors (Lipinski definition) is 6. The zero-order valence-electron chi connectivity index (χ0n) is 9.47. The zero-order valence-corrected chi connectivity index (χ0v) is 10.3. The molecule has 92 valence electrons. The highest BCUT2D eigenvalue weighted by Crippen LogP contribution is 2.13. The third-order valence-electron chi connectivity index (χ3n) is 2.17. The fourth-order valence-corrected chi connectivity index (χ4v) is 1.88. The molecule has 0 unspecified atom stereocenters. The van der Waals surface area contributed by atoms with E-state index in [1.54, 1.807) is 6.92 Å². The average molecular weight is 254 g/mol. The smallest absolute Gasteiger partial charge is 0.151 e. The summed E-state index contributed by atoms with van der Waals surface area (Å²) in [6, 6.07) is 3.43. The fourth-order valence-electron chi connectivity index (χ4n) is 1.18. The number of sulfone groups is 1. The third kappa shape index (κ3) is 3.92. The van der Waals surface area contributed by atoms with Crippen molar-refractivity contribution in [2.75, 3.05) is 29.1 Å². The maximum Gasteiger partial charge on any atom is 0.151 e. The van der Waals surface area contributed by atoms with Crippen LogP contribution in [-0.2, 0) is 9.84 Å². The summed E-state index contributed by atoms with van der Waals surface area (Å²) in [6.07, 6.45) is 1.41. The van der Waals surface area contributed by atoms with E-state index in [0.29, 0.717) is 17.1 Å². The highest BCUT2D eigenvalue weighted by molar-refractivity contribution is 7.91. The summed E-state index contributed by atoms with van der Waals surface area (Å²) in [4.78, 5) is 3.94. The second-order valence-corrected chi connectivity index (χ2v) is 5.91. The first-order chi connectivity index (χ1) is 7.98. The molecule has 1 heterocycles. The number of hydrogen-bond donors (Lipinski definition) is 2. The molecule has 0 aliphatic heterocycles. The SMILES string of the molecule is CCS(=O)(=O)CCNc1ncc(N)cc1C#N. The molecule has 0 amide bonds. The Morgan fingerprint density at radius 3 is 2.88 bits per heavy atom. The summed E-state index contributed by atoms with van der Waals surface area (Å²) in [7, 11) is -3.02. The number of nitrogen functional groups attached to an aromatic ring is 1. The number of pyridine rings is 1. The highest BCUT2D eigenvalue weighted by Gasteiger charge is 2.08. The van der Waals surface area contributed by atoms with Gasteiger partial charge in [0.25, 0.3) is 0 Å². The van der Waals surface area contributed by atoms with Crippen LogP contribution in [0.25, 0.3) is 0 Å².